The Hall–Kier alpha value is -0.100. The van der Waals surface area contributed by atoms with Gasteiger partial charge in [0.15, 0.2) is 0 Å². The van der Waals surface area contributed by atoms with E-state index in [1.54, 1.807) is 0 Å². The first-order valence-electron chi connectivity index (χ1n) is 5.25. The summed E-state index contributed by atoms with van der Waals surface area (Å²) >= 11 is 2.45. The average Bonchev–Trinajstić information content (AvgIpc) is 2.65. The molecule has 0 saturated carbocycles. The van der Waals surface area contributed by atoms with E-state index in [0.717, 1.165) is 11.8 Å². The third-order valence-electron chi connectivity index (χ3n) is 3.55. The van der Waals surface area contributed by atoms with Crippen molar-refractivity contribution in [2.75, 3.05) is 13.1 Å². The molecule has 2 aliphatic heterocycles. The second-order valence-corrected chi connectivity index (χ2v) is 5.69. The third-order valence-corrected chi connectivity index (χ3v) is 4.43. The van der Waals surface area contributed by atoms with Crippen LogP contribution in [0.15, 0.2) is 12.5 Å². The largest absolute Gasteiger partial charge is 0.334 e. The van der Waals surface area contributed by atoms with Gasteiger partial charge in [-0.15, -0.1) is 0 Å². The van der Waals surface area contributed by atoms with E-state index >= 15 is 0 Å². The summed E-state index contributed by atoms with van der Waals surface area (Å²) in [5.74, 6) is 1.64. The first-order valence-corrected chi connectivity index (χ1v) is 6.22. The van der Waals surface area contributed by atoms with Gasteiger partial charge in [0.2, 0.25) is 0 Å². The molecule has 0 N–H and O–H groups in total. The minimum Gasteiger partial charge on any atom is -0.334 e. The summed E-state index contributed by atoms with van der Waals surface area (Å²) in [7, 11) is 0. The Bertz CT molecular complexity index is 336. The summed E-state index contributed by atoms with van der Waals surface area (Å²) in [5.41, 5.74) is 1.48. The van der Waals surface area contributed by atoms with Gasteiger partial charge in [0.25, 0.3) is 0 Å². The van der Waals surface area contributed by atoms with Crippen LogP contribution in [-0.4, -0.2) is 25.8 Å². The number of imidazole rings is 1. The molecule has 0 spiro atoms. The molecule has 0 amide bonds. The topological polar surface area (TPSA) is 21.1 Å². The molecule has 0 aromatic carbocycles. The summed E-state index contributed by atoms with van der Waals surface area (Å²) in [6, 6.07) is 0. The fourth-order valence-corrected chi connectivity index (χ4v) is 3.59. The van der Waals surface area contributed by atoms with E-state index in [2.05, 4.69) is 41.7 Å². The van der Waals surface area contributed by atoms with Crippen molar-refractivity contribution in [1.29, 1.82) is 0 Å². The fourth-order valence-electron chi connectivity index (χ4n) is 2.80. The van der Waals surface area contributed by atoms with Gasteiger partial charge < -0.3 is 4.57 Å². The van der Waals surface area contributed by atoms with Crippen molar-refractivity contribution in [2.24, 2.45) is 5.92 Å². The van der Waals surface area contributed by atoms with Crippen LogP contribution in [-0.2, 0) is 6.54 Å². The van der Waals surface area contributed by atoms with Gasteiger partial charge in [0.05, 0.1) is 6.33 Å². The molecule has 0 bridgehead atoms. The van der Waals surface area contributed by atoms with Crippen LogP contribution < -0.4 is 0 Å². The first-order chi connectivity index (χ1) is 6.84. The van der Waals surface area contributed by atoms with E-state index in [0.29, 0.717) is 0 Å². The predicted octanol–water partition coefficient (Wildman–Crippen LogP) is 2.04. The highest BCUT2D eigenvalue weighted by Crippen LogP contribution is 2.39. The standard InChI is InChI=1S/C10H14IN3/c11-14-4-2-9-8(6-14)1-3-13-7-12-5-10(9)13/h5,7-9H,1-4,6H2. The smallest absolute Gasteiger partial charge is 0.0948 e. The third kappa shape index (κ3) is 1.39. The highest BCUT2D eigenvalue weighted by molar-refractivity contribution is 14.1. The van der Waals surface area contributed by atoms with Crippen molar-refractivity contribution in [2.45, 2.75) is 25.3 Å². The number of aryl methyl sites for hydroxylation is 1. The summed E-state index contributed by atoms with van der Waals surface area (Å²) in [6.45, 7) is 3.66. The normalized spacial score (nSPS) is 32.4. The average molecular weight is 303 g/mol. The van der Waals surface area contributed by atoms with Crippen LogP contribution in [0.3, 0.4) is 0 Å². The van der Waals surface area contributed by atoms with E-state index in [1.165, 1.54) is 38.2 Å². The lowest BCUT2D eigenvalue weighted by Gasteiger charge is -2.39. The van der Waals surface area contributed by atoms with Crippen LogP contribution in [0.25, 0.3) is 0 Å². The lowest BCUT2D eigenvalue weighted by atomic mass is 9.80. The maximum absolute atomic E-state index is 4.26. The number of hydrogen-bond acceptors (Lipinski definition) is 2. The molecule has 2 atom stereocenters. The molecule has 2 unspecified atom stereocenters. The molecule has 1 fully saturated rings. The van der Waals surface area contributed by atoms with Gasteiger partial charge in [-0.05, 0) is 18.8 Å². The maximum Gasteiger partial charge on any atom is 0.0948 e. The zero-order valence-corrected chi connectivity index (χ0v) is 10.2. The molecular formula is C10H14IN3. The number of fused-ring (bicyclic) bond motifs is 3. The maximum atomic E-state index is 4.26. The number of halogens is 1. The van der Waals surface area contributed by atoms with Gasteiger partial charge >= 0.3 is 0 Å². The summed E-state index contributed by atoms with van der Waals surface area (Å²) in [5, 5.41) is 0. The van der Waals surface area contributed by atoms with Crippen molar-refractivity contribution in [3.8, 4) is 0 Å². The molecule has 1 aromatic heterocycles. The monoisotopic (exact) mass is 303 g/mol. The van der Waals surface area contributed by atoms with Crippen LogP contribution in [0.4, 0.5) is 0 Å². The van der Waals surface area contributed by atoms with Crippen LogP contribution in [0.5, 0.6) is 0 Å². The Kier molecular flexibility index (Phi) is 2.28. The van der Waals surface area contributed by atoms with Crippen molar-refractivity contribution in [3.63, 3.8) is 0 Å². The minimum absolute atomic E-state index is 0.775. The Morgan fingerprint density at radius 3 is 3.21 bits per heavy atom. The molecule has 76 valence electrons. The highest BCUT2D eigenvalue weighted by Gasteiger charge is 2.34. The highest BCUT2D eigenvalue weighted by atomic mass is 127. The molecule has 3 rings (SSSR count). The summed E-state index contributed by atoms with van der Waals surface area (Å²) in [4.78, 5) is 4.26. The molecule has 3 heterocycles. The molecule has 0 aliphatic carbocycles. The Morgan fingerprint density at radius 2 is 2.29 bits per heavy atom. The van der Waals surface area contributed by atoms with Crippen molar-refractivity contribution < 1.29 is 0 Å². The van der Waals surface area contributed by atoms with E-state index in [-0.39, 0.29) is 0 Å². The Morgan fingerprint density at radius 1 is 1.36 bits per heavy atom. The van der Waals surface area contributed by atoms with E-state index in [9.17, 15) is 0 Å². The predicted molar refractivity (Wildman–Crippen MR) is 63.3 cm³/mol. The van der Waals surface area contributed by atoms with Crippen LogP contribution >= 0.6 is 22.9 Å². The van der Waals surface area contributed by atoms with Crippen molar-refractivity contribution >= 4 is 22.9 Å². The fraction of sp³-hybridized carbons (Fsp3) is 0.700. The van der Waals surface area contributed by atoms with Gasteiger partial charge in [-0.1, -0.05) is 0 Å². The lowest BCUT2D eigenvalue weighted by molar-refractivity contribution is 0.214. The quantitative estimate of drug-likeness (QED) is 0.540. The second kappa shape index (κ2) is 3.48. The minimum atomic E-state index is 0.775. The number of aromatic nitrogens is 2. The molecule has 2 aliphatic rings. The van der Waals surface area contributed by atoms with Crippen molar-refractivity contribution in [3.05, 3.63) is 18.2 Å². The number of rotatable bonds is 0. The van der Waals surface area contributed by atoms with Crippen LogP contribution in [0.1, 0.15) is 24.5 Å². The molecular weight excluding hydrogens is 289 g/mol. The number of piperidine rings is 1. The first kappa shape index (κ1) is 9.15. The Labute approximate surface area is 98.0 Å². The van der Waals surface area contributed by atoms with Gasteiger partial charge in [0, 0.05) is 60.3 Å². The van der Waals surface area contributed by atoms with E-state index in [4.69, 9.17) is 0 Å². The summed E-state index contributed by atoms with van der Waals surface area (Å²) < 4.78 is 4.77. The second-order valence-electron chi connectivity index (χ2n) is 4.32. The molecule has 14 heavy (non-hydrogen) atoms. The summed E-state index contributed by atoms with van der Waals surface area (Å²) in [6.07, 6.45) is 6.69. The lowest BCUT2D eigenvalue weighted by Crippen LogP contribution is -2.37. The zero-order chi connectivity index (χ0) is 9.54. The van der Waals surface area contributed by atoms with Crippen LogP contribution in [0, 0.1) is 5.92 Å². The number of nitrogens with zero attached hydrogens (tertiary/aromatic N) is 3. The molecule has 1 aromatic rings. The van der Waals surface area contributed by atoms with Crippen LogP contribution in [0.2, 0.25) is 0 Å². The zero-order valence-electron chi connectivity index (χ0n) is 8.06. The number of hydrogen-bond donors (Lipinski definition) is 0. The molecule has 1 saturated heterocycles. The SMILES string of the molecule is IN1CCC2c3cncn3CCC2C1. The van der Waals surface area contributed by atoms with E-state index in [1.807, 2.05) is 6.33 Å². The van der Waals surface area contributed by atoms with Gasteiger partial charge in [-0.3, -0.25) is 0 Å². The molecule has 4 heteroatoms. The van der Waals surface area contributed by atoms with Crippen molar-refractivity contribution in [1.82, 2.24) is 12.7 Å². The molecule has 3 nitrogen and oxygen atoms in total. The molecule has 0 radical (unpaired) electrons. The van der Waals surface area contributed by atoms with Gasteiger partial charge in [-0.2, -0.15) is 0 Å². The van der Waals surface area contributed by atoms with E-state index < -0.39 is 0 Å². The van der Waals surface area contributed by atoms with Gasteiger partial charge in [-0.25, -0.2) is 8.10 Å². The Balaban J connectivity index is 1.91. The van der Waals surface area contributed by atoms with Gasteiger partial charge in [0.1, 0.15) is 0 Å².